The molecule has 0 aromatic rings. The molecule has 0 aliphatic carbocycles. The molecule has 0 heterocycles. The molecule has 4 N–H and O–H groups in total. The first-order valence-electron chi connectivity index (χ1n) is 6.30. The average molecular weight is 264 g/mol. The second-order valence-electron chi connectivity index (χ2n) is 4.36. The predicted octanol–water partition coefficient (Wildman–Crippen LogP) is -0.435. The molecule has 18 heavy (non-hydrogen) atoms. The molecule has 0 fully saturated rings. The summed E-state index contributed by atoms with van der Waals surface area (Å²) in [5, 5.41) is 3.09. The Morgan fingerprint density at radius 2 is 1.17 bits per heavy atom. The van der Waals surface area contributed by atoms with Crippen LogP contribution in [-0.4, -0.2) is 52.0 Å². The molecule has 0 aliphatic heterocycles. The summed E-state index contributed by atoms with van der Waals surface area (Å²) in [6, 6.07) is 0.552. The van der Waals surface area contributed by atoms with E-state index in [1.165, 1.54) is 0 Å². The highest BCUT2D eigenvalue weighted by atomic mass is 16.7. The van der Waals surface area contributed by atoms with Gasteiger partial charge in [0.05, 0.1) is 31.9 Å². The van der Waals surface area contributed by atoms with Crippen LogP contribution in [0.3, 0.4) is 0 Å². The van der Waals surface area contributed by atoms with Crippen LogP contribution >= 0.6 is 0 Å². The highest BCUT2D eigenvalue weighted by Gasteiger charge is 2.06. The van der Waals surface area contributed by atoms with E-state index in [9.17, 15) is 0 Å². The standard InChI is InChI=1S/C11H28N4O3/c1-9(12-4)6-17-15-11(3)8-18-14-10(2)7-16-13-5/h9-15H,6-8H2,1-5H3. The molecule has 0 saturated heterocycles. The van der Waals surface area contributed by atoms with E-state index in [4.69, 9.17) is 14.5 Å². The van der Waals surface area contributed by atoms with Crippen LogP contribution in [0, 0.1) is 0 Å². The molecular weight excluding hydrogens is 236 g/mol. The van der Waals surface area contributed by atoms with Crippen molar-refractivity contribution in [3.8, 4) is 0 Å². The molecule has 0 rings (SSSR count). The molecule has 0 amide bonds. The SMILES string of the molecule is CNOCC(C)NOCC(C)NOCC(C)NC. The smallest absolute Gasteiger partial charge is 0.0855 e. The first-order chi connectivity index (χ1) is 8.60. The highest BCUT2D eigenvalue weighted by Crippen LogP contribution is 1.87. The largest absolute Gasteiger partial charge is 0.315 e. The van der Waals surface area contributed by atoms with Crippen molar-refractivity contribution in [1.29, 1.82) is 0 Å². The lowest BCUT2D eigenvalue weighted by molar-refractivity contribution is -0.0574. The zero-order chi connectivity index (χ0) is 13.8. The van der Waals surface area contributed by atoms with Gasteiger partial charge in [0.25, 0.3) is 0 Å². The molecule has 110 valence electrons. The minimum Gasteiger partial charge on any atom is -0.315 e. The van der Waals surface area contributed by atoms with E-state index in [-0.39, 0.29) is 12.1 Å². The molecule has 7 heteroatoms. The molecule has 0 spiro atoms. The van der Waals surface area contributed by atoms with Crippen LogP contribution in [0.2, 0.25) is 0 Å². The summed E-state index contributed by atoms with van der Waals surface area (Å²) in [7, 11) is 3.63. The summed E-state index contributed by atoms with van der Waals surface area (Å²) < 4.78 is 0. The monoisotopic (exact) mass is 264 g/mol. The maximum absolute atomic E-state index is 5.32. The summed E-state index contributed by atoms with van der Waals surface area (Å²) in [6.07, 6.45) is 0. The van der Waals surface area contributed by atoms with Crippen molar-refractivity contribution in [2.24, 2.45) is 0 Å². The van der Waals surface area contributed by atoms with E-state index < -0.39 is 0 Å². The van der Waals surface area contributed by atoms with Crippen molar-refractivity contribution in [1.82, 2.24) is 21.8 Å². The summed E-state index contributed by atoms with van der Waals surface area (Å²) >= 11 is 0. The fraction of sp³-hybridized carbons (Fsp3) is 1.00. The fourth-order valence-electron chi connectivity index (χ4n) is 0.990. The number of hydroxylamine groups is 3. The first-order valence-corrected chi connectivity index (χ1v) is 6.30. The van der Waals surface area contributed by atoms with E-state index in [1.807, 2.05) is 27.8 Å². The van der Waals surface area contributed by atoms with E-state index in [0.717, 1.165) is 0 Å². The van der Waals surface area contributed by atoms with Gasteiger partial charge in [0.1, 0.15) is 0 Å². The Morgan fingerprint density at radius 1 is 0.722 bits per heavy atom. The zero-order valence-electron chi connectivity index (χ0n) is 12.1. The lowest BCUT2D eigenvalue weighted by atomic mass is 10.4. The Bertz CT molecular complexity index is 186. The van der Waals surface area contributed by atoms with Crippen LogP contribution in [0.4, 0.5) is 0 Å². The number of likely N-dealkylation sites (N-methyl/N-ethyl adjacent to an activating group) is 1. The number of hydrogen-bond acceptors (Lipinski definition) is 7. The van der Waals surface area contributed by atoms with Crippen LogP contribution < -0.4 is 21.8 Å². The first kappa shape index (κ1) is 17.7. The van der Waals surface area contributed by atoms with Crippen LogP contribution in [0.1, 0.15) is 20.8 Å². The van der Waals surface area contributed by atoms with Gasteiger partial charge in [0.15, 0.2) is 0 Å². The zero-order valence-corrected chi connectivity index (χ0v) is 12.1. The Morgan fingerprint density at radius 3 is 1.61 bits per heavy atom. The van der Waals surface area contributed by atoms with Crippen LogP contribution in [0.5, 0.6) is 0 Å². The highest BCUT2D eigenvalue weighted by molar-refractivity contribution is 4.56. The third kappa shape index (κ3) is 10.8. The molecule has 7 nitrogen and oxygen atoms in total. The van der Waals surface area contributed by atoms with Crippen LogP contribution in [0.25, 0.3) is 0 Å². The van der Waals surface area contributed by atoms with E-state index >= 15 is 0 Å². The van der Waals surface area contributed by atoms with Gasteiger partial charge < -0.3 is 10.2 Å². The minimum atomic E-state index is 0.110. The van der Waals surface area contributed by atoms with Gasteiger partial charge in [-0.25, -0.2) is 5.48 Å². The number of rotatable bonds is 12. The maximum atomic E-state index is 5.32. The van der Waals surface area contributed by atoms with Crippen LogP contribution in [0.15, 0.2) is 0 Å². The lowest BCUT2D eigenvalue weighted by Gasteiger charge is -2.18. The van der Waals surface area contributed by atoms with Crippen LogP contribution in [-0.2, 0) is 14.5 Å². The molecule has 0 aromatic carbocycles. The van der Waals surface area contributed by atoms with Gasteiger partial charge in [0, 0.05) is 13.1 Å². The summed E-state index contributed by atoms with van der Waals surface area (Å²) in [5.74, 6) is 0. The lowest BCUT2D eigenvalue weighted by Crippen LogP contribution is -2.39. The molecule has 0 radical (unpaired) electrons. The third-order valence-electron chi connectivity index (χ3n) is 2.21. The Balaban J connectivity index is 3.38. The quantitative estimate of drug-likeness (QED) is 0.356. The summed E-state index contributed by atoms with van der Waals surface area (Å²) in [5.41, 5.74) is 8.41. The number of hydrogen-bond donors (Lipinski definition) is 4. The normalized spacial score (nSPS) is 16.5. The molecule has 0 aliphatic rings. The Kier molecular flexibility index (Phi) is 11.6. The van der Waals surface area contributed by atoms with Crippen molar-refractivity contribution in [3.63, 3.8) is 0 Å². The Labute approximate surface area is 110 Å². The average Bonchev–Trinajstić information content (AvgIpc) is 2.36. The van der Waals surface area contributed by atoms with Gasteiger partial charge in [-0.05, 0) is 27.8 Å². The van der Waals surface area contributed by atoms with E-state index in [1.54, 1.807) is 7.05 Å². The van der Waals surface area contributed by atoms with Gasteiger partial charge in [-0.15, -0.1) is 0 Å². The van der Waals surface area contributed by atoms with Gasteiger partial charge in [0.2, 0.25) is 0 Å². The number of nitrogens with one attached hydrogen (secondary N) is 4. The van der Waals surface area contributed by atoms with Crippen molar-refractivity contribution in [3.05, 3.63) is 0 Å². The summed E-state index contributed by atoms with van der Waals surface area (Å²) in [6.45, 7) is 7.67. The van der Waals surface area contributed by atoms with Crippen molar-refractivity contribution in [2.75, 3.05) is 33.9 Å². The molecular formula is C11H28N4O3. The van der Waals surface area contributed by atoms with Gasteiger partial charge >= 0.3 is 0 Å². The predicted molar refractivity (Wildman–Crippen MR) is 70.6 cm³/mol. The third-order valence-corrected chi connectivity index (χ3v) is 2.21. The molecule has 0 saturated carbocycles. The summed E-state index contributed by atoms with van der Waals surface area (Å²) in [4.78, 5) is 15.7. The Hall–Kier alpha value is -0.280. The fourth-order valence-corrected chi connectivity index (χ4v) is 0.990. The van der Waals surface area contributed by atoms with Crippen molar-refractivity contribution in [2.45, 2.75) is 38.9 Å². The van der Waals surface area contributed by atoms with E-state index in [2.05, 4.69) is 21.8 Å². The van der Waals surface area contributed by atoms with Crippen molar-refractivity contribution < 1.29 is 14.5 Å². The van der Waals surface area contributed by atoms with Gasteiger partial charge in [-0.2, -0.15) is 11.0 Å². The second-order valence-corrected chi connectivity index (χ2v) is 4.36. The minimum absolute atomic E-state index is 0.110. The van der Waals surface area contributed by atoms with Gasteiger partial charge in [-0.1, -0.05) is 0 Å². The van der Waals surface area contributed by atoms with Gasteiger partial charge in [-0.3, -0.25) is 9.68 Å². The molecule has 0 aromatic heterocycles. The topological polar surface area (TPSA) is 75.8 Å². The maximum Gasteiger partial charge on any atom is 0.0855 e. The molecule has 3 atom stereocenters. The molecule has 0 bridgehead atoms. The van der Waals surface area contributed by atoms with Crippen molar-refractivity contribution >= 4 is 0 Å². The molecule has 3 unspecified atom stereocenters. The van der Waals surface area contributed by atoms with E-state index in [0.29, 0.717) is 25.9 Å². The second kappa shape index (κ2) is 11.8.